The van der Waals surface area contributed by atoms with E-state index in [1.807, 2.05) is 32.0 Å². The van der Waals surface area contributed by atoms with Gasteiger partial charge in [0.15, 0.2) is 0 Å². The number of carbonyl (C=O) groups is 1. The van der Waals surface area contributed by atoms with Crippen LogP contribution < -0.4 is 15.4 Å². The molecular weight excluding hydrogens is 288 g/mol. The van der Waals surface area contributed by atoms with E-state index in [9.17, 15) is 4.79 Å². The quantitative estimate of drug-likeness (QED) is 0.776. The molecule has 1 aromatic carbocycles. The Hall–Kier alpha value is -1.26. The number of rotatable bonds is 8. The van der Waals surface area contributed by atoms with Crippen LogP contribution in [0.2, 0.25) is 5.02 Å². The zero-order valence-electron chi connectivity index (χ0n) is 12.6. The van der Waals surface area contributed by atoms with Gasteiger partial charge in [-0.1, -0.05) is 23.7 Å². The van der Waals surface area contributed by atoms with Crippen LogP contribution in [0, 0.1) is 0 Å². The highest BCUT2D eigenvalue weighted by Crippen LogP contribution is 2.29. The van der Waals surface area contributed by atoms with Crippen LogP contribution in [0.3, 0.4) is 0 Å². The number of para-hydroxylation sites is 1. The smallest absolute Gasteiger partial charge is 0.223 e. The van der Waals surface area contributed by atoms with Gasteiger partial charge in [-0.25, -0.2) is 0 Å². The molecule has 116 valence electrons. The van der Waals surface area contributed by atoms with E-state index in [0.717, 1.165) is 12.1 Å². The number of benzene rings is 1. The molecule has 0 spiro atoms. The van der Waals surface area contributed by atoms with E-state index in [0.29, 0.717) is 29.8 Å². The maximum atomic E-state index is 11.6. The minimum absolute atomic E-state index is 0.00490. The maximum Gasteiger partial charge on any atom is 0.223 e. The average Bonchev–Trinajstić information content (AvgIpc) is 3.22. The summed E-state index contributed by atoms with van der Waals surface area (Å²) in [5, 5.41) is 6.88. The van der Waals surface area contributed by atoms with Crippen LogP contribution in [0.25, 0.3) is 0 Å². The van der Waals surface area contributed by atoms with Crippen molar-refractivity contribution in [3.8, 4) is 5.75 Å². The highest BCUT2D eigenvalue weighted by molar-refractivity contribution is 6.32. The Bertz CT molecular complexity index is 487. The lowest BCUT2D eigenvalue weighted by molar-refractivity contribution is -0.122. The molecule has 0 atom stereocenters. The molecule has 0 saturated heterocycles. The van der Waals surface area contributed by atoms with E-state index in [4.69, 9.17) is 16.3 Å². The van der Waals surface area contributed by atoms with Gasteiger partial charge in [0.05, 0.1) is 18.1 Å². The summed E-state index contributed by atoms with van der Waals surface area (Å²) < 4.78 is 5.74. The van der Waals surface area contributed by atoms with Gasteiger partial charge in [0.2, 0.25) is 5.91 Å². The SMILES string of the molecule is CC(C)NC(=O)CCOc1c(Cl)cccc1CNC1CC1. The van der Waals surface area contributed by atoms with Gasteiger partial charge < -0.3 is 15.4 Å². The maximum absolute atomic E-state index is 11.6. The van der Waals surface area contributed by atoms with Crippen molar-refractivity contribution >= 4 is 17.5 Å². The monoisotopic (exact) mass is 310 g/mol. The Morgan fingerprint density at radius 3 is 2.86 bits per heavy atom. The summed E-state index contributed by atoms with van der Waals surface area (Å²) in [7, 11) is 0. The second-order valence-electron chi connectivity index (χ2n) is 5.70. The summed E-state index contributed by atoms with van der Waals surface area (Å²) in [6.07, 6.45) is 2.82. The minimum Gasteiger partial charge on any atom is -0.491 e. The first-order chi connectivity index (χ1) is 10.1. The van der Waals surface area contributed by atoms with Gasteiger partial charge in [0, 0.05) is 24.2 Å². The summed E-state index contributed by atoms with van der Waals surface area (Å²) >= 11 is 6.21. The highest BCUT2D eigenvalue weighted by atomic mass is 35.5. The number of halogens is 1. The van der Waals surface area contributed by atoms with Gasteiger partial charge in [-0.15, -0.1) is 0 Å². The molecule has 2 N–H and O–H groups in total. The van der Waals surface area contributed by atoms with Crippen molar-refractivity contribution < 1.29 is 9.53 Å². The van der Waals surface area contributed by atoms with Crippen molar-refractivity contribution in [2.45, 2.75) is 51.7 Å². The van der Waals surface area contributed by atoms with Crippen molar-refractivity contribution in [1.29, 1.82) is 0 Å². The predicted molar refractivity (Wildman–Crippen MR) is 84.7 cm³/mol. The molecule has 0 unspecified atom stereocenters. The van der Waals surface area contributed by atoms with Crippen molar-refractivity contribution in [2.75, 3.05) is 6.61 Å². The fourth-order valence-electron chi connectivity index (χ4n) is 2.04. The fourth-order valence-corrected chi connectivity index (χ4v) is 2.28. The van der Waals surface area contributed by atoms with E-state index in [-0.39, 0.29) is 11.9 Å². The first-order valence-corrected chi connectivity index (χ1v) is 7.87. The van der Waals surface area contributed by atoms with E-state index in [2.05, 4.69) is 10.6 Å². The second kappa shape index (κ2) is 7.66. The summed E-state index contributed by atoms with van der Waals surface area (Å²) in [5.41, 5.74) is 1.04. The third-order valence-corrected chi connectivity index (χ3v) is 3.53. The van der Waals surface area contributed by atoms with E-state index < -0.39 is 0 Å². The summed E-state index contributed by atoms with van der Waals surface area (Å²) in [6, 6.07) is 6.52. The molecule has 0 radical (unpaired) electrons. The lowest BCUT2D eigenvalue weighted by Crippen LogP contribution is -2.31. The van der Waals surface area contributed by atoms with Crippen LogP contribution in [0.4, 0.5) is 0 Å². The Morgan fingerprint density at radius 2 is 2.19 bits per heavy atom. The van der Waals surface area contributed by atoms with Crippen molar-refractivity contribution in [2.24, 2.45) is 0 Å². The zero-order valence-corrected chi connectivity index (χ0v) is 13.4. The van der Waals surface area contributed by atoms with Gasteiger partial charge in [0.1, 0.15) is 5.75 Å². The molecule has 0 aliphatic heterocycles. The Morgan fingerprint density at radius 1 is 1.43 bits per heavy atom. The standard InChI is InChI=1S/C16H23ClN2O2/c1-11(2)19-15(20)8-9-21-16-12(4-3-5-14(16)17)10-18-13-6-7-13/h3-5,11,13,18H,6-10H2,1-2H3,(H,19,20). The van der Waals surface area contributed by atoms with Crippen LogP contribution in [0.5, 0.6) is 5.75 Å². The normalized spacial score (nSPS) is 14.3. The van der Waals surface area contributed by atoms with Crippen molar-refractivity contribution in [1.82, 2.24) is 10.6 Å². The molecule has 0 aromatic heterocycles. The van der Waals surface area contributed by atoms with Gasteiger partial charge in [-0.05, 0) is 32.8 Å². The second-order valence-corrected chi connectivity index (χ2v) is 6.11. The lowest BCUT2D eigenvalue weighted by atomic mass is 10.2. The van der Waals surface area contributed by atoms with Gasteiger partial charge in [-0.2, -0.15) is 0 Å². The van der Waals surface area contributed by atoms with Gasteiger partial charge in [-0.3, -0.25) is 4.79 Å². The van der Waals surface area contributed by atoms with Crippen LogP contribution in [-0.4, -0.2) is 24.6 Å². The predicted octanol–water partition coefficient (Wildman–Crippen LogP) is 2.89. The molecule has 2 rings (SSSR count). The van der Waals surface area contributed by atoms with E-state index in [1.165, 1.54) is 12.8 Å². The fraction of sp³-hybridized carbons (Fsp3) is 0.562. The van der Waals surface area contributed by atoms with Crippen LogP contribution in [-0.2, 0) is 11.3 Å². The number of amides is 1. The van der Waals surface area contributed by atoms with Crippen LogP contribution >= 0.6 is 11.6 Å². The molecule has 0 heterocycles. The molecule has 1 aliphatic rings. The van der Waals surface area contributed by atoms with Crippen LogP contribution in [0.1, 0.15) is 38.7 Å². The third kappa shape index (κ3) is 5.56. The van der Waals surface area contributed by atoms with E-state index >= 15 is 0 Å². The minimum atomic E-state index is -0.00490. The van der Waals surface area contributed by atoms with Crippen LogP contribution in [0.15, 0.2) is 18.2 Å². The molecule has 21 heavy (non-hydrogen) atoms. The number of ether oxygens (including phenoxy) is 1. The van der Waals surface area contributed by atoms with Crippen molar-refractivity contribution in [3.05, 3.63) is 28.8 Å². The molecule has 0 bridgehead atoms. The Labute approximate surface area is 131 Å². The average molecular weight is 311 g/mol. The van der Waals surface area contributed by atoms with E-state index in [1.54, 1.807) is 0 Å². The third-order valence-electron chi connectivity index (χ3n) is 3.23. The molecule has 1 aliphatic carbocycles. The molecule has 1 aromatic rings. The summed E-state index contributed by atoms with van der Waals surface area (Å²) in [4.78, 5) is 11.6. The van der Waals surface area contributed by atoms with Crippen molar-refractivity contribution in [3.63, 3.8) is 0 Å². The number of hydrogen-bond donors (Lipinski definition) is 2. The zero-order chi connectivity index (χ0) is 15.2. The Kier molecular flexibility index (Phi) is 5.88. The first-order valence-electron chi connectivity index (χ1n) is 7.49. The van der Waals surface area contributed by atoms with Gasteiger partial charge >= 0.3 is 0 Å². The Balaban J connectivity index is 1.86. The molecule has 4 nitrogen and oxygen atoms in total. The number of nitrogens with one attached hydrogen (secondary N) is 2. The number of carbonyl (C=O) groups excluding carboxylic acids is 1. The largest absolute Gasteiger partial charge is 0.491 e. The highest BCUT2D eigenvalue weighted by Gasteiger charge is 2.21. The first kappa shape index (κ1) is 16.1. The summed E-state index contributed by atoms with van der Waals surface area (Å²) in [5.74, 6) is 0.680. The number of hydrogen-bond acceptors (Lipinski definition) is 3. The van der Waals surface area contributed by atoms with Gasteiger partial charge in [0.25, 0.3) is 0 Å². The molecular formula is C16H23ClN2O2. The lowest BCUT2D eigenvalue weighted by Gasteiger charge is -2.14. The molecule has 1 saturated carbocycles. The molecule has 1 fully saturated rings. The molecule has 5 heteroatoms. The molecule has 1 amide bonds. The summed E-state index contributed by atoms with van der Waals surface area (Å²) in [6.45, 7) is 4.96. The topological polar surface area (TPSA) is 50.4 Å².